The molecule has 1 amide bonds. The number of piperidine rings is 1. The van der Waals surface area contributed by atoms with Gasteiger partial charge in [0.25, 0.3) is 0 Å². The maximum Gasteiger partial charge on any atom is 0.220 e. The molecule has 2 N–H and O–H groups in total. The molecule has 2 aliphatic rings. The van der Waals surface area contributed by atoms with E-state index in [1.165, 1.54) is 25.9 Å². The monoisotopic (exact) mass is 295 g/mol. The average Bonchev–Trinajstić information content (AvgIpc) is 2.93. The Hall–Kier alpha value is -0.610. The van der Waals surface area contributed by atoms with E-state index in [1.54, 1.807) is 0 Å². The summed E-state index contributed by atoms with van der Waals surface area (Å²) >= 11 is 0. The summed E-state index contributed by atoms with van der Waals surface area (Å²) in [6.07, 6.45) is 5.42. The van der Waals surface area contributed by atoms with Gasteiger partial charge in [-0.25, -0.2) is 0 Å². The highest BCUT2D eigenvalue weighted by Crippen LogP contribution is 2.20. The molecular formula is C17H33N3O. The summed E-state index contributed by atoms with van der Waals surface area (Å²) in [4.78, 5) is 14.4. The molecule has 2 rings (SSSR count). The van der Waals surface area contributed by atoms with E-state index in [-0.39, 0.29) is 5.91 Å². The second-order valence-electron chi connectivity index (χ2n) is 7.31. The first kappa shape index (κ1) is 16.8. The molecule has 4 nitrogen and oxygen atoms in total. The van der Waals surface area contributed by atoms with Crippen LogP contribution in [0.4, 0.5) is 0 Å². The molecule has 0 aliphatic carbocycles. The smallest absolute Gasteiger partial charge is 0.220 e. The predicted octanol–water partition coefficient (Wildman–Crippen LogP) is 1.86. The Morgan fingerprint density at radius 1 is 1.29 bits per heavy atom. The van der Waals surface area contributed by atoms with Crippen molar-refractivity contribution in [2.24, 2.45) is 17.8 Å². The molecule has 3 atom stereocenters. The molecule has 0 aromatic carbocycles. The predicted molar refractivity (Wildman–Crippen MR) is 87.2 cm³/mol. The minimum Gasteiger partial charge on any atom is -0.356 e. The second-order valence-corrected chi connectivity index (χ2v) is 7.31. The molecule has 122 valence electrons. The Morgan fingerprint density at radius 3 is 2.71 bits per heavy atom. The zero-order chi connectivity index (χ0) is 15.1. The van der Waals surface area contributed by atoms with E-state index in [1.807, 2.05) is 0 Å². The van der Waals surface area contributed by atoms with E-state index >= 15 is 0 Å². The van der Waals surface area contributed by atoms with Crippen LogP contribution in [0.1, 0.15) is 46.0 Å². The van der Waals surface area contributed by atoms with Crippen LogP contribution >= 0.6 is 0 Å². The minimum absolute atomic E-state index is 0.238. The van der Waals surface area contributed by atoms with E-state index in [0.717, 1.165) is 50.9 Å². The van der Waals surface area contributed by atoms with Crippen molar-refractivity contribution in [2.45, 2.75) is 46.0 Å². The summed E-state index contributed by atoms with van der Waals surface area (Å²) in [5.74, 6) is 2.60. The number of carbonyl (C=O) groups is 1. The molecule has 2 fully saturated rings. The van der Waals surface area contributed by atoms with Crippen LogP contribution in [-0.4, -0.2) is 50.1 Å². The van der Waals surface area contributed by atoms with Crippen LogP contribution in [0.5, 0.6) is 0 Å². The van der Waals surface area contributed by atoms with Gasteiger partial charge in [-0.2, -0.15) is 0 Å². The number of likely N-dealkylation sites (tertiary alicyclic amines) is 1. The number of nitrogens with one attached hydrogen (secondary N) is 2. The van der Waals surface area contributed by atoms with Gasteiger partial charge >= 0.3 is 0 Å². The lowest BCUT2D eigenvalue weighted by Gasteiger charge is -2.34. The van der Waals surface area contributed by atoms with Gasteiger partial charge in [-0.3, -0.25) is 4.79 Å². The van der Waals surface area contributed by atoms with Gasteiger partial charge < -0.3 is 15.5 Å². The highest BCUT2D eigenvalue weighted by Gasteiger charge is 2.21. The minimum atomic E-state index is 0.238. The third-order valence-electron chi connectivity index (χ3n) is 4.86. The zero-order valence-electron chi connectivity index (χ0n) is 13.9. The maximum atomic E-state index is 11.8. The third kappa shape index (κ3) is 6.35. The molecule has 2 saturated heterocycles. The Balaban J connectivity index is 1.49. The molecule has 0 spiro atoms. The molecule has 4 heteroatoms. The van der Waals surface area contributed by atoms with Gasteiger partial charge in [-0.15, -0.1) is 0 Å². The summed E-state index contributed by atoms with van der Waals surface area (Å²) < 4.78 is 0. The van der Waals surface area contributed by atoms with Gasteiger partial charge in [-0.05, 0) is 63.1 Å². The van der Waals surface area contributed by atoms with E-state index in [4.69, 9.17) is 0 Å². The largest absolute Gasteiger partial charge is 0.356 e. The standard InChI is InChI=1S/C17H33N3O/c1-14-10-15(2)13-20(12-14)9-3-7-19-17(21)5-4-16-6-8-18-11-16/h14-16,18H,3-13H2,1-2H3,(H,19,21). The van der Waals surface area contributed by atoms with E-state index < -0.39 is 0 Å². The van der Waals surface area contributed by atoms with Crippen LogP contribution in [0.15, 0.2) is 0 Å². The van der Waals surface area contributed by atoms with Crippen molar-refractivity contribution in [1.29, 1.82) is 0 Å². The van der Waals surface area contributed by atoms with Gasteiger partial charge in [-0.1, -0.05) is 13.8 Å². The fraction of sp³-hybridized carbons (Fsp3) is 0.941. The number of rotatable bonds is 7. The number of carbonyl (C=O) groups excluding carboxylic acids is 1. The fourth-order valence-corrected chi connectivity index (χ4v) is 3.89. The van der Waals surface area contributed by atoms with Crippen molar-refractivity contribution in [1.82, 2.24) is 15.5 Å². The third-order valence-corrected chi connectivity index (χ3v) is 4.86. The van der Waals surface area contributed by atoms with Crippen LogP contribution in [-0.2, 0) is 4.79 Å². The van der Waals surface area contributed by atoms with Gasteiger partial charge in [0, 0.05) is 26.1 Å². The molecular weight excluding hydrogens is 262 g/mol. The lowest BCUT2D eigenvalue weighted by atomic mass is 9.92. The molecule has 2 heterocycles. The van der Waals surface area contributed by atoms with Gasteiger partial charge in [0.15, 0.2) is 0 Å². The lowest BCUT2D eigenvalue weighted by molar-refractivity contribution is -0.121. The van der Waals surface area contributed by atoms with Crippen molar-refractivity contribution in [2.75, 3.05) is 39.3 Å². The van der Waals surface area contributed by atoms with Crippen LogP contribution < -0.4 is 10.6 Å². The Bertz CT molecular complexity index is 305. The molecule has 0 aromatic heterocycles. The maximum absolute atomic E-state index is 11.8. The summed E-state index contributed by atoms with van der Waals surface area (Å²) in [6.45, 7) is 11.3. The quantitative estimate of drug-likeness (QED) is 0.705. The van der Waals surface area contributed by atoms with Crippen molar-refractivity contribution in [3.63, 3.8) is 0 Å². The molecule has 0 bridgehead atoms. The number of hydrogen-bond donors (Lipinski definition) is 2. The highest BCUT2D eigenvalue weighted by atomic mass is 16.1. The molecule has 3 unspecified atom stereocenters. The Kier molecular flexibility index (Phi) is 6.97. The van der Waals surface area contributed by atoms with Crippen LogP contribution in [0, 0.1) is 17.8 Å². The molecule has 0 aromatic rings. The molecule has 0 radical (unpaired) electrons. The second kappa shape index (κ2) is 8.74. The van der Waals surface area contributed by atoms with Gasteiger partial charge in [0.1, 0.15) is 0 Å². The van der Waals surface area contributed by atoms with Crippen molar-refractivity contribution in [3.8, 4) is 0 Å². The highest BCUT2D eigenvalue weighted by molar-refractivity contribution is 5.75. The lowest BCUT2D eigenvalue weighted by Crippen LogP contribution is -2.40. The summed E-state index contributed by atoms with van der Waals surface area (Å²) in [5, 5.41) is 6.44. The Labute approximate surface area is 130 Å². The number of hydrogen-bond acceptors (Lipinski definition) is 3. The van der Waals surface area contributed by atoms with Crippen molar-refractivity contribution >= 4 is 5.91 Å². The van der Waals surface area contributed by atoms with Crippen LogP contribution in [0.25, 0.3) is 0 Å². The molecule has 2 aliphatic heterocycles. The topological polar surface area (TPSA) is 44.4 Å². The first-order valence-corrected chi connectivity index (χ1v) is 8.83. The number of amides is 1. The fourth-order valence-electron chi connectivity index (χ4n) is 3.89. The first-order valence-electron chi connectivity index (χ1n) is 8.83. The van der Waals surface area contributed by atoms with E-state index in [0.29, 0.717) is 12.3 Å². The SMILES string of the molecule is CC1CC(C)CN(CCCNC(=O)CCC2CCNC2)C1. The van der Waals surface area contributed by atoms with Crippen molar-refractivity contribution < 1.29 is 4.79 Å². The van der Waals surface area contributed by atoms with Crippen LogP contribution in [0.2, 0.25) is 0 Å². The normalized spacial score (nSPS) is 30.5. The van der Waals surface area contributed by atoms with Gasteiger partial charge in [0.05, 0.1) is 0 Å². The average molecular weight is 295 g/mol. The van der Waals surface area contributed by atoms with Crippen molar-refractivity contribution in [3.05, 3.63) is 0 Å². The van der Waals surface area contributed by atoms with Crippen LogP contribution in [0.3, 0.4) is 0 Å². The summed E-state index contributed by atoms with van der Waals surface area (Å²) in [5.41, 5.74) is 0. The Morgan fingerprint density at radius 2 is 2.05 bits per heavy atom. The van der Waals surface area contributed by atoms with Gasteiger partial charge in [0.2, 0.25) is 5.91 Å². The summed E-state index contributed by atoms with van der Waals surface area (Å²) in [6, 6.07) is 0. The molecule has 21 heavy (non-hydrogen) atoms. The summed E-state index contributed by atoms with van der Waals surface area (Å²) in [7, 11) is 0. The molecule has 0 saturated carbocycles. The number of nitrogens with zero attached hydrogens (tertiary/aromatic N) is 1. The van der Waals surface area contributed by atoms with E-state index in [9.17, 15) is 4.79 Å². The first-order chi connectivity index (χ1) is 10.1. The zero-order valence-corrected chi connectivity index (χ0v) is 13.9. The van der Waals surface area contributed by atoms with E-state index in [2.05, 4.69) is 29.4 Å².